The largest absolute Gasteiger partial charge is 0.497 e. The lowest BCUT2D eigenvalue weighted by Gasteiger charge is -2.23. The highest BCUT2D eigenvalue weighted by Crippen LogP contribution is 2.26. The molecule has 1 amide bonds. The van der Waals surface area contributed by atoms with E-state index in [0.29, 0.717) is 25.3 Å². The molecule has 0 aliphatic rings. The van der Waals surface area contributed by atoms with Crippen LogP contribution >= 0.6 is 15.9 Å². The first-order valence-corrected chi connectivity index (χ1v) is 8.24. The minimum Gasteiger partial charge on any atom is -0.497 e. The Morgan fingerprint density at radius 1 is 1.35 bits per heavy atom. The van der Waals surface area contributed by atoms with Crippen molar-refractivity contribution < 1.29 is 14.3 Å². The number of carbonyl (C=O) groups excluding carboxylic acids is 1. The number of halogens is 1. The number of unbranched alkanes of at least 4 members (excludes halogenated alkanes) is 1. The van der Waals surface area contributed by atoms with Crippen LogP contribution in [0.5, 0.6) is 11.5 Å². The van der Waals surface area contributed by atoms with Crippen molar-refractivity contribution in [2.24, 2.45) is 0 Å². The van der Waals surface area contributed by atoms with E-state index >= 15 is 0 Å². The van der Waals surface area contributed by atoms with Gasteiger partial charge >= 0.3 is 0 Å². The molecule has 0 atom stereocenters. The molecule has 1 aromatic carbocycles. The third-order valence-electron chi connectivity index (χ3n) is 3.37. The van der Waals surface area contributed by atoms with Gasteiger partial charge in [-0.2, -0.15) is 0 Å². The van der Waals surface area contributed by atoms with Crippen LogP contribution in [-0.4, -0.2) is 31.6 Å². The third kappa shape index (κ3) is 6.48. The van der Waals surface area contributed by atoms with E-state index in [1.165, 1.54) is 0 Å². The topological polar surface area (TPSA) is 38.8 Å². The summed E-state index contributed by atoms with van der Waals surface area (Å²) in [6, 6.07) is 5.60. The van der Waals surface area contributed by atoms with Gasteiger partial charge in [0.25, 0.3) is 0 Å². The van der Waals surface area contributed by atoms with Crippen LogP contribution in [0, 0.1) is 0 Å². The highest BCUT2D eigenvalue weighted by Gasteiger charge is 2.16. The third-order valence-corrected chi connectivity index (χ3v) is 3.62. The van der Waals surface area contributed by atoms with Crippen LogP contribution in [0.15, 0.2) is 41.9 Å². The fourth-order valence-electron chi connectivity index (χ4n) is 2.18. The standard InChI is InChI=1S/C18H24BrNO3/c1-5-6-7-8-18(21)20(12-14(2)19)13-15-9-10-16(22-3)11-17(15)23-4/h5,9-11H,1-2,6-8,12-13H2,3-4H3. The zero-order valence-corrected chi connectivity index (χ0v) is 15.4. The molecule has 0 spiro atoms. The predicted molar refractivity (Wildman–Crippen MR) is 97.1 cm³/mol. The summed E-state index contributed by atoms with van der Waals surface area (Å²) in [6.45, 7) is 8.45. The van der Waals surface area contributed by atoms with Crippen LogP contribution < -0.4 is 9.47 Å². The number of ether oxygens (including phenoxy) is 2. The number of nitrogens with zero attached hydrogens (tertiary/aromatic N) is 1. The Kier molecular flexibility index (Phi) is 8.48. The second kappa shape index (κ2) is 10.1. The van der Waals surface area contributed by atoms with Crippen molar-refractivity contribution in [3.63, 3.8) is 0 Å². The van der Waals surface area contributed by atoms with E-state index in [0.717, 1.165) is 28.6 Å². The molecule has 0 fully saturated rings. The SMILES string of the molecule is C=CCCCC(=O)N(CC(=C)Br)Cc1ccc(OC)cc1OC. The van der Waals surface area contributed by atoms with Gasteiger partial charge in [0.2, 0.25) is 5.91 Å². The summed E-state index contributed by atoms with van der Waals surface area (Å²) >= 11 is 3.34. The number of hydrogen-bond acceptors (Lipinski definition) is 3. The maximum atomic E-state index is 12.4. The number of amides is 1. The van der Waals surface area contributed by atoms with Crippen molar-refractivity contribution in [2.45, 2.75) is 25.8 Å². The fourth-order valence-corrected chi connectivity index (χ4v) is 2.49. The maximum Gasteiger partial charge on any atom is 0.223 e. The number of carbonyl (C=O) groups is 1. The Morgan fingerprint density at radius 3 is 2.65 bits per heavy atom. The summed E-state index contributed by atoms with van der Waals surface area (Å²) in [5, 5.41) is 0. The monoisotopic (exact) mass is 381 g/mol. The average molecular weight is 382 g/mol. The highest BCUT2D eigenvalue weighted by molar-refractivity contribution is 9.11. The highest BCUT2D eigenvalue weighted by atomic mass is 79.9. The van der Waals surface area contributed by atoms with Crippen molar-refractivity contribution in [2.75, 3.05) is 20.8 Å². The van der Waals surface area contributed by atoms with Gasteiger partial charge in [-0.25, -0.2) is 0 Å². The minimum atomic E-state index is 0.0883. The van der Waals surface area contributed by atoms with Crippen LogP contribution in [0.2, 0.25) is 0 Å². The van der Waals surface area contributed by atoms with Crippen molar-refractivity contribution in [1.29, 1.82) is 0 Å². The number of methoxy groups -OCH3 is 2. The second-order valence-electron chi connectivity index (χ2n) is 5.13. The van der Waals surface area contributed by atoms with Gasteiger partial charge in [-0.05, 0) is 25.0 Å². The van der Waals surface area contributed by atoms with E-state index in [4.69, 9.17) is 9.47 Å². The first-order chi connectivity index (χ1) is 11.0. The van der Waals surface area contributed by atoms with Crippen LogP contribution in [0.25, 0.3) is 0 Å². The molecule has 0 radical (unpaired) electrons. The van der Waals surface area contributed by atoms with Gasteiger partial charge < -0.3 is 14.4 Å². The first-order valence-electron chi connectivity index (χ1n) is 7.44. The molecule has 126 valence electrons. The second-order valence-corrected chi connectivity index (χ2v) is 6.25. The minimum absolute atomic E-state index is 0.0883. The molecule has 0 unspecified atom stereocenters. The summed E-state index contributed by atoms with van der Waals surface area (Å²) in [4.78, 5) is 14.2. The van der Waals surface area contributed by atoms with Gasteiger partial charge in [-0.15, -0.1) is 6.58 Å². The summed E-state index contributed by atoms with van der Waals surface area (Å²) in [7, 11) is 3.22. The maximum absolute atomic E-state index is 12.4. The molecule has 4 nitrogen and oxygen atoms in total. The molecule has 5 heteroatoms. The summed E-state index contributed by atoms with van der Waals surface area (Å²) in [5.74, 6) is 1.51. The fraction of sp³-hybridized carbons (Fsp3) is 0.389. The van der Waals surface area contributed by atoms with Crippen molar-refractivity contribution in [3.05, 3.63) is 47.5 Å². The van der Waals surface area contributed by atoms with Crippen LogP contribution in [0.1, 0.15) is 24.8 Å². The lowest BCUT2D eigenvalue weighted by atomic mass is 10.1. The van der Waals surface area contributed by atoms with E-state index in [-0.39, 0.29) is 5.91 Å². The van der Waals surface area contributed by atoms with E-state index in [1.807, 2.05) is 24.3 Å². The summed E-state index contributed by atoms with van der Waals surface area (Å²) in [6.07, 6.45) is 3.95. The normalized spacial score (nSPS) is 10.0. The lowest BCUT2D eigenvalue weighted by molar-refractivity contribution is -0.131. The molecule has 0 saturated carbocycles. The van der Waals surface area contributed by atoms with Crippen LogP contribution in [0.4, 0.5) is 0 Å². The van der Waals surface area contributed by atoms with Gasteiger partial charge in [-0.3, -0.25) is 4.79 Å². The quantitative estimate of drug-likeness (QED) is 0.448. The molecule has 0 N–H and O–H groups in total. The Balaban J connectivity index is 2.89. The smallest absolute Gasteiger partial charge is 0.223 e. The molecule has 0 aliphatic carbocycles. The summed E-state index contributed by atoms with van der Waals surface area (Å²) < 4.78 is 11.4. The Morgan fingerprint density at radius 2 is 2.09 bits per heavy atom. The Hall–Kier alpha value is -1.75. The van der Waals surface area contributed by atoms with E-state index < -0.39 is 0 Å². The predicted octanol–water partition coefficient (Wildman–Crippen LogP) is 4.30. The van der Waals surface area contributed by atoms with E-state index in [1.54, 1.807) is 19.1 Å². The van der Waals surface area contributed by atoms with Gasteiger partial charge in [-0.1, -0.05) is 28.6 Å². The average Bonchev–Trinajstić information content (AvgIpc) is 2.54. The Bertz CT molecular complexity index is 557. The molecular formula is C18H24BrNO3. The van der Waals surface area contributed by atoms with Gasteiger partial charge in [0.05, 0.1) is 20.8 Å². The van der Waals surface area contributed by atoms with Crippen molar-refractivity contribution in [1.82, 2.24) is 4.90 Å². The molecular weight excluding hydrogens is 358 g/mol. The molecule has 1 aromatic rings. The lowest BCUT2D eigenvalue weighted by Crippen LogP contribution is -2.31. The molecule has 0 aromatic heterocycles. The molecule has 1 rings (SSSR count). The van der Waals surface area contributed by atoms with Gasteiger partial charge in [0, 0.05) is 29.1 Å². The number of hydrogen-bond donors (Lipinski definition) is 0. The Labute approximate surface area is 146 Å². The molecule has 0 aliphatic heterocycles. The molecule has 0 heterocycles. The van der Waals surface area contributed by atoms with Crippen LogP contribution in [-0.2, 0) is 11.3 Å². The number of allylic oxidation sites excluding steroid dienone is 1. The molecule has 23 heavy (non-hydrogen) atoms. The number of rotatable bonds is 10. The van der Waals surface area contributed by atoms with Crippen molar-refractivity contribution >= 4 is 21.8 Å². The molecule has 0 bridgehead atoms. The van der Waals surface area contributed by atoms with Gasteiger partial charge in [0.1, 0.15) is 11.5 Å². The zero-order valence-electron chi connectivity index (χ0n) is 13.8. The van der Waals surface area contributed by atoms with Crippen molar-refractivity contribution in [3.8, 4) is 11.5 Å². The van der Waals surface area contributed by atoms with Crippen LogP contribution in [0.3, 0.4) is 0 Å². The van der Waals surface area contributed by atoms with E-state index in [2.05, 4.69) is 29.1 Å². The number of benzene rings is 1. The first kappa shape index (κ1) is 19.3. The summed E-state index contributed by atoms with van der Waals surface area (Å²) in [5.41, 5.74) is 0.930. The molecule has 0 saturated heterocycles. The van der Waals surface area contributed by atoms with Gasteiger partial charge in [0.15, 0.2) is 0 Å². The van der Waals surface area contributed by atoms with E-state index in [9.17, 15) is 4.79 Å². The zero-order chi connectivity index (χ0) is 17.2.